The molecule has 1 aromatic rings. The molecule has 0 radical (unpaired) electrons. The highest BCUT2D eigenvalue weighted by Crippen LogP contribution is 2.29. The fourth-order valence-corrected chi connectivity index (χ4v) is 0.600. The van der Waals surface area contributed by atoms with E-state index >= 15 is 0 Å². The Labute approximate surface area is 68.5 Å². The summed E-state index contributed by atoms with van der Waals surface area (Å²) in [5.74, 6) is -0.790. The molecule has 0 aliphatic carbocycles. The zero-order chi connectivity index (χ0) is 10.1. The molecule has 74 valence electrons. The molecule has 1 rings (SSSR count). The van der Waals surface area contributed by atoms with Gasteiger partial charge < -0.3 is 4.74 Å². The molecule has 0 saturated carbocycles. The average molecular weight is 202 g/mol. The Balaban J connectivity index is 2.75. The van der Waals surface area contributed by atoms with Crippen LogP contribution in [0.15, 0.2) is 6.07 Å². The molecular formula is C5H3F5N2O. The van der Waals surface area contributed by atoms with Crippen LogP contribution in [-0.2, 0) is 6.18 Å². The summed E-state index contributed by atoms with van der Waals surface area (Å²) in [5, 5.41) is 4.39. The zero-order valence-corrected chi connectivity index (χ0v) is 5.90. The first-order chi connectivity index (χ1) is 5.89. The number of nitrogens with one attached hydrogen (secondary N) is 1. The standard InChI is InChI=1S/C5H3F5N2O/c6-4(7)13-3-1-2(11-12-3)5(8,9)10/h1,4H,(H,11,12). The van der Waals surface area contributed by atoms with Gasteiger partial charge in [-0.05, 0) is 0 Å². The topological polar surface area (TPSA) is 37.9 Å². The van der Waals surface area contributed by atoms with Gasteiger partial charge in [-0.2, -0.15) is 22.0 Å². The first-order valence-electron chi connectivity index (χ1n) is 2.97. The lowest BCUT2D eigenvalue weighted by atomic mass is 10.4. The number of alkyl halides is 5. The summed E-state index contributed by atoms with van der Waals surface area (Å²) in [6, 6.07) is 0.353. The third kappa shape index (κ3) is 2.56. The molecule has 0 aliphatic heterocycles. The Morgan fingerprint density at radius 2 is 2.00 bits per heavy atom. The Hall–Kier alpha value is -1.34. The molecule has 3 nitrogen and oxygen atoms in total. The molecule has 13 heavy (non-hydrogen) atoms. The predicted molar refractivity (Wildman–Crippen MR) is 30.2 cm³/mol. The second-order valence-electron chi connectivity index (χ2n) is 2.00. The maximum Gasteiger partial charge on any atom is 0.432 e. The quantitative estimate of drug-likeness (QED) is 0.745. The van der Waals surface area contributed by atoms with Gasteiger partial charge in [0.25, 0.3) is 0 Å². The minimum Gasteiger partial charge on any atom is -0.415 e. The molecule has 8 heteroatoms. The molecule has 0 aromatic carbocycles. The van der Waals surface area contributed by atoms with Crippen LogP contribution in [0, 0.1) is 0 Å². The van der Waals surface area contributed by atoms with Crippen molar-refractivity contribution in [1.29, 1.82) is 0 Å². The SMILES string of the molecule is FC(F)Oc1cc(C(F)(F)F)[nH]n1. The van der Waals surface area contributed by atoms with Crippen molar-refractivity contribution in [2.75, 3.05) is 0 Å². The van der Waals surface area contributed by atoms with Crippen LogP contribution in [0.25, 0.3) is 0 Å². The van der Waals surface area contributed by atoms with Gasteiger partial charge in [0.15, 0.2) is 0 Å². The lowest BCUT2D eigenvalue weighted by Crippen LogP contribution is -2.04. The van der Waals surface area contributed by atoms with Crippen LogP contribution >= 0.6 is 0 Å². The molecule has 0 saturated heterocycles. The van der Waals surface area contributed by atoms with Crippen LogP contribution < -0.4 is 4.74 Å². The minimum absolute atomic E-state index is 0.353. The number of H-pyrrole nitrogens is 1. The summed E-state index contributed by atoms with van der Waals surface area (Å²) in [6.45, 7) is -3.19. The molecule has 1 N–H and O–H groups in total. The van der Waals surface area contributed by atoms with Gasteiger partial charge in [0.2, 0.25) is 5.88 Å². The highest BCUT2D eigenvalue weighted by Gasteiger charge is 2.33. The first-order valence-corrected chi connectivity index (χ1v) is 2.97. The predicted octanol–water partition coefficient (Wildman–Crippen LogP) is 2.03. The van der Waals surface area contributed by atoms with Gasteiger partial charge in [-0.3, -0.25) is 5.10 Å². The van der Waals surface area contributed by atoms with Crippen LogP contribution in [0.1, 0.15) is 5.69 Å². The fraction of sp³-hybridized carbons (Fsp3) is 0.400. The van der Waals surface area contributed by atoms with E-state index in [9.17, 15) is 22.0 Å². The number of ether oxygens (including phenoxy) is 1. The number of halogens is 5. The summed E-state index contributed by atoms with van der Waals surface area (Å²) in [5.41, 5.74) is -1.23. The van der Waals surface area contributed by atoms with Crippen molar-refractivity contribution in [2.45, 2.75) is 12.8 Å². The van der Waals surface area contributed by atoms with Crippen molar-refractivity contribution < 1.29 is 26.7 Å². The van der Waals surface area contributed by atoms with E-state index < -0.39 is 24.4 Å². The smallest absolute Gasteiger partial charge is 0.415 e. The molecule has 1 aromatic heterocycles. The van der Waals surface area contributed by atoms with Crippen molar-refractivity contribution in [1.82, 2.24) is 10.2 Å². The molecule has 0 spiro atoms. The van der Waals surface area contributed by atoms with Crippen molar-refractivity contribution in [3.05, 3.63) is 11.8 Å². The third-order valence-electron chi connectivity index (χ3n) is 1.07. The van der Waals surface area contributed by atoms with Gasteiger partial charge >= 0.3 is 12.8 Å². The van der Waals surface area contributed by atoms with Gasteiger partial charge in [-0.25, -0.2) is 0 Å². The maximum atomic E-state index is 11.8. The van der Waals surface area contributed by atoms with E-state index in [1.54, 1.807) is 0 Å². The van der Waals surface area contributed by atoms with E-state index in [4.69, 9.17) is 0 Å². The molecule has 0 atom stereocenters. The number of aromatic nitrogens is 2. The van der Waals surface area contributed by atoms with Gasteiger partial charge in [0.05, 0.1) is 0 Å². The van der Waals surface area contributed by atoms with E-state index in [2.05, 4.69) is 9.84 Å². The summed E-state index contributed by atoms with van der Waals surface area (Å²) in [6.07, 6.45) is -4.64. The van der Waals surface area contributed by atoms with E-state index in [1.165, 1.54) is 5.10 Å². The second-order valence-corrected chi connectivity index (χ2v) is 2.00. The van der Waals surface area contributed by atoms with E-state index in [0.717, 1.165) is 0 Å². The fourth-order valence-electron chi connectivity index (χ4n) is 0.600. The van der Waals surface area contributed by atoms with Gasteiger partial charge in [0.1, 0.15) is 5.69 Å². The van der Waals surface area contributed by atoms with Crippen LogP contribution in [0.5, 0.6) is 5.88 Å². The van der Waals surface area contributed by atoms with E-state index in [-0.39, 0.29) is 0 Å². The lowest BCUT2D eigenvalue weighted by Gasteiger charge is -2.00. The molecule has 0 aliphatic rings. The van der Waals surface area contributed by atoms with E-state index in [0.29, 0.717) is 6.07 Å². The molecular weight excluding hydrogens is 199 g/mol. The lowest BCUT2D eigenvalue weighted by molar-refractivity contribution is -0.141. The van der Waals surface area contributed by atoms with Crippen molar-refractivity contribution >= 4 is 0 Å². The van der Waals surface area contributed by atoms with Gasteiger partial charge in [-0.15, -0.1) is 5.10 Å². The number of aromatic amines is 1. The van der Waals surface area contributed by atoms with Crippen molar-refractivity contribution in [3.8, 4) is 5.88 Å². The van der Waals surface area contributed by atoms with Gasteiger partial charge in [-0.1, -0.05) is 0 Å². The van der Waals surface area contributed by atoms with E-state index in [1.807, 2.05) is 0 Å². The normalized spacial score (nSPS) is 12.2. The maximum absolute atomic E-state index is 11.8. The largest absolute Gasteiger partial charge is 0.432 e. The zero-order valence-electron chi connectivity index (χ0n) is 5.90. The Kier molecular flexibility index (Phi) is 2.39. The number of hydrogen-bond acceptors (Lipinski definition) is 2. The number of nitrogens with zero attached hydrogens (tertiary/aromatic N) is 1. The molecule has 1 heterocycles. The van der Waals surface area contributed by atoms with Crippen LogP contribution in [0.4, 0.5) is 22.0 Å². The first kappa shape index (κ1) is 9.75. The van der Waals surface area contributed by atoms with Crippen LogP contribution in [0.3, 0.4) is 0 Å². The average Bonchev–Trinajstić information content (AvgIpc) is 2.32. The highest BCUT2D eigenvalue weighted by atomic mass is 19.4. The summed E-state index contributed by atoms with van der Waals surface area (Å²) < 4.78 is 62.0. The number of rotatable bonds is 2. The van der Waals surface area contributed by atoms with Crippen molar-refractivity contribution in [2.24, 2.45) is 0 Å². The van der Waals surface area contributed by atoms with Crippen LogP contribution in [0.2, 0.25) is 0 Å². The summed E-state index contributed by atoms with van der Waals surface area (Å²) in [7, 11) is 0. The second kappa shape index (κ2) is 3.19. The molecule has 0 amide bonds. The molecule has 0 fully saturated rings. The monoisotopic (exact) mass is 202 g/mol. The Morgan fingerprint density at radius 3 is 2.38 bits per heavy atom. The van der Waals surface area contributed by atoms with Crippen LogP contribution in [-0.4, -0.2) is 16.8 Å². The Bertz CT molecular complexity index is 281. The molecule has 0 bridgehead atoms. The summed E-state index contributed by atoms with van der Waals surface area (Å²) in [4.78, 5) is 0. The Morgan fingerprint density at radius 1 is 1.38 bits per heavy atom. The highest BCUT2D eigenvalue weighted by molar-refractivity contribution is 5.16. The number of hydrogen-bond donors (Lipinski definition) is 1. The third-order valence-corrected chi connectivity index (χ3v) is 1.07. The summed E-state index contributed by atoms with van der Waals surface area (Å²) >= 11 is 0. The minimum atomic E-state index is -4.64. The van der Waals surface area contributed by atoms with Gasteiger partial charge in [0, 0.05) is 6.07 Å². The molecule has 0 unspecified atom stereocenters. The van der Waals surface area contributed by atoms with Crippen molar-refractivity contribution in [3.63, 3.8) is 0 Å².